The molecule has 0 unspecified atom stereocenters. The second kappa shape index (κ2) is 9.09. The molecule has 0 rings (SSSR count). The van der Waals surface area contributed by atoms with E-state index in [1.807, 2.05) is 0 Å². The SMILES string of the molecule is C=C(F)CCNC(=C)CCOCCS. The molecule has 0 fully saturated rings. The summed E-state index contributed by atoms with van der Waals surface area (Å²) in [5, 5.41) is 3.00. The lowest BCUT2D eigenvalue weighted by Gasteiger charge is -2.08. The Bertz CT molecular complexity index is 185. The molecule has 0 spiro atoms. The summed E-state index contributed by atoms with van der Waals surface area (Å²) in [4.78, 5) is 0. The Labute approximate surface area is 90.6 Å². The van der Waals surface area contributed by atoms with Gasteiger partial charge < -0.3 is 10.1 Å². The monoisotopic (exact) mass is 219 g/mol. The highest BCUT2D eigenvalue weighted by Crippen LogP contribution is 1.99. The van der Waals surface area contributed by atoms with Crippen LogP contribution in [0.3, 0.4) is 0 Å². The quantitative estimate of drug-likeness (QED) is 0.458. The van der Waals surface area contributed by atoms with Crippen molar-refractivity contribution in [2.24, 2.45) is 0 Å². The Hall–Kier alpha value is -0.480. The summed E-state index contributed by atoms with van der Waals surface area (Å²) in [7, 11) is 0. The third-order valence-corrected chi connectivity index (χ3v) is 1.74. The van der Waals surface area contributed by atoms with Gasteiger partial charge in [0.05, 0.1) is 19.0 Å². The van der Waals surface area contributed by atoms with Crippen LogP contribution in [0, 0.1) is 0 Å². The first-order valence-corrected chi connectivity index (χ1v) is 5.23. The molecule has 0 aromatic heterocycles. The first-order valence-electron chi connectivity index (χ1n) is 4.60. The third-order valence-electron chi connectivity index (χ3n) is 1.56. The lowest BCUT2D eigenvalue weighted by molar-refractivity contribution is 0.152. The van der Waals surface area contributed by atoms with Crippen LogP contribution in [0.5, 0.6) is 0 Å². The van der Waals surface area contributed by atoms with E-state index >= 15 is 0 Å². The molecular weight excluding hydrogens is 201 g/mol. The summed E-state index contributed by atoms with van der Waals surface area (Å²) < 4.78 is 17.4. The van der Waals surface area contributed by atoms with Gasteiger partial charge in [-0.3, -0.25) is 0 Å². The molecule has 2 nitrogen and oxygen atoms in total. The summed E-state index contributed by atoms with van der Waals surface area (Å²) in [6.07, 6.45) is 1.07. The minimum Gasteiger partial charge on any atom is -0.388 e. The third kappa shape index (κ3) is 9.61. The largest absolute Gasteiger partial charge is 0.388 e. The summed E-state index contributed by atoms with van der Waals surface area (Å²) in [6, 6.07) is 0. The van der Waals surface area contributed by atoms with E-state index in [0.717, 1.165) is 17.9 Å². The molecule has 0 saturated carbocycles. The Morgan fingerprint density at radius 3 is 2.57 bits per heavy atom. The van der Waals surface area contributed by atoms with Crippen LogP contribution in [-0.2, 0) is 4.74 Å². The van der Waals surface area contributed by atoms with Crippen molar-refractivity contribution >= 4 is 12.6 Å². The van der Waals surface area contributed by atoms with Crippen LogP contribution in [0.25, 0.3) is 0 Å². The molecule has 0 atom stereocenters. The fraction of sp³-hybridized carbons (Fsp3) is 0.600. The van der Waals surface area contributed by atoms with Gasteiger partial charge in [0.2, 0.25) is 0 Å². The molecule has 4 heteroatoms. The predicted octanol–water partition coefficient (Wildman–Crippen LogP) is 2.30. The number of ether oxygens (including phenoxy) is 1. The average molecular weight is 219 g/mol. The van der Waals surface area contributed by atoms with Crippen molar-refractivity contribution in [2.45, 2.75) is 12.8 Å². The highest BCUT2D eigenvalue weighted by Gasteiger charge is 1.95. The normalized spacial score (nSPS) is 9.86. The van der Waals surface area contributed by atoms with E-state index in [9.17, 15) is 4.39 Å². The van der Waals surface area contributed by atoms with E-state index in [1.165, 1.54) is 0 Å². The number of halogens is 1. The van der Waals surface area contributed by atoms with Gasteiger partial charge in [0, 0.05) is 30.8 Å². The van der Waals surface area contributed by atoms with Crippen molar-refractivity contribution in [1.29, 1.82) is 0 Å². The summed E-state index contributed by atoms with van der Waals surface area (Å²) in [5.41, 5.74) is 0.866. The molecule has 0 aliphatic rings. The average Bonchev–Trinajstić information content (AvgIpc) is 2.12. The number of hydrogen-bond donors (Lipinski definition) is 2. The summed E-state index contributed by atoms with van der Waals surface area (Å²) >= 11 is 4.01. The Balaban J connectivity index is 3.24. The molecule has 82 valence electrons. The highest BCUT2D eigenvalue weighted by atomic mass is 32.1. The smallest absolute Gasteiger partial charge is 0.0945 e. The van der Waals surface area contributed by atoms with Crippen molar-refractivity contribution in [3.8, 4) is 0 Å². The zero-order valence-corrected chi connectivity index (χ0v) is 9.28. The van der Waals surface area contributed by atoms with Gasteiger partial charge in [-0.1, -0.05) is 13.2 Å². The van der Waals surface area contributed by atoms with Gasteiger partial charge >= 0.3 is 0 Å². The van der Waals surface area contributed by atoms with Crippen molar-refractivity contribution in [3.63, 3.8) is 0 Å². The van der Waals surface area contributed by atoms with Crippen LogP contribution in [0.2, 0.25) is 0 Å². The van der Waals surface area contributed by atoms with E-state index in [4.69, 9.17) is 4.74 Å². The Morgan fingerprint density at radius 1 is 1.29 bits per heavy atom. The topological polar surface area (TPSA) is 21.3 Å². The fourth-order valence-corrected chi connectivity index (χ4v) is 0.954. The van der Waals surface area contributed by atoms with Crippen LogP contribution in [-0.4, -0.2) is 25.5 Å². The number of nitrogens with one attached hydrogen (secondary N) is 1. The molecule has 0 heterocycles. The Kier molecular flexibility index (Phi) is 8.78. The number of rotatable bonds is 9. The first kappa shape index (κ1) is 13.5. The zero-order valence-electron chi connectivity index (χ0n) is 8.39. The lowest BCUT2D eigenvalue weighted by atomic mass is 10.3. The molecular formula is C10H18FNOS. The van der Waals surface area contributed by atoms with Gasteiger partial charge in [-0.2, -0.15) is 12.6 Å². The van der Waals surface area contributed by atoms with E-state index < -0.39 is 0 Å². The first-order chi connectivity index (χ1) is 6.66. The maximum Gasteiger partial charge on any atom is 0.0945 e. The zero-order chi connectivity index (χ0) is 10.8. The van der Waals surface area contributed by atoms with Crippen LogP contribution < -0.4 is 5.32 Å². The second-order valence-electron chi connectivity index (χ2n) is 2.88. The van der Waals surface area contributed by atoms with Crippen molar-refractivity contribution in [3.05, 3.63) is 24.7 Å². The van der Waals surface area contributed by atoms with E-state index in [2.05, 4.69) is 31.1 Å². The molecule has 0 amide bonds. The molecule has 0 saturated heterocycles. The molecule has 0 aromatic carbocycles. The summed E-state index contributed by atoms with van der Waals surface area (Å²) in [5.74, 6) is 0.415. The van der Waals surface area contributed by atoms with Crippen LogP contribution in [0.4, 0.5) is 4.39 Å². The van der Waals surface area contributed by atoms with Crippen LogP contribution >= 0.6 is 12.6 Å². The lowest BCUT2D eigenvalue weighted by Crippen LogP contribution is -2.15. The Morgan fingerprint density at radius 2 is 2.00 bits per heavy atom. The van der Waals surface area contributed by atoms with Crippen LogP contribution in [0.15, 0.2) is 24.7 Å². The minimum atomic E-state index is -0.309. The van der Waals surface area contributed by atoms with Crippen molar-refractivity contribution in [2.75, 3.05) is 25.5 Å². The van der Waals surface area contributed by atoms with Gasteiger partial charge in [0.25, 0.3) is 0 Å². The van der Waals surface area contributed by atoms with E-state index in [1.54, 1.807) is 0 Å². The fourth-order valence-electron chi connectivity index (χ4n) is 0.825. The maximum atomic E-state index is 12.2. The number of thiol groups is 1. The van der Waals surface area contributed by atoms with Gasteiger partial charge in [-0.25, -0.2) is 4.39 Å². The highest BCUT2D eigenvalue weighted by molar-refractivity contribution is 7.80. The van der Waals surface area contributed by atoms with Crippen LogP contribution in [0.1, 0.15) is 12.8 Å². The van der Waals surface area contributed by atoms with E-state index in [0.29, 0.717) is 26.2 Å². The standard InChI is InChI=1S/C10H18FNOS/c1-9(11)3-5-12-10(2)4-6-13-7-8-14/h12,14H,1-8H2. The molecule has 0 aliphatic carbocycles. The molecule has 0 radical (unpaired) electrons. The van der Waals surface area contributed by atoms with Gasteiger partial charge in [-0.05, 0) is 0 Å². The summed E-state index contributed by atoms with van der Waals surface area (Å²) in [6.45, 7) is 8.78. The minimum absolute atomic E-state index is 0.309. The number of hydrogen-bond acceptors (Lipinski definition) is 3. The van der Waals surface area contributed by atoms with E-state index in [-0.39, 0.29) is 5.83 Å². The predicted molar refractivity (Wildman–Crippen MR) is 61.3 cm³/mol. The van der Waals surface area contributed by atoms with Gasteiger partial charge in [-0.15, -0.1) is 0 Å². The maximum absolute atomic E-state index is 12.2. The molecule has 1 N–H and O–H groups in total. The van der Waals surface area contributed by atoms with Crippen molar-refractivity contribution < 1.29 is 9.13 Å². The van der Waals surface area contributed by atoms with Gasteiger partial charge in [0.15, 0.2) is 0 Å². The molecule has 0 aliphatic heterocycles. The second-order valence-corrected chi connectivity index (χ2v) is 3.33. The van der Waals surface area contributed by atoms with Crippen molar-refractivity contribution in [1.82, 2.24) is 5.32 Å². The molecule has 0 bridgehead atoms. The molecule has 0 aromatic rings. The van der Waals surface area contributed by atoms with Gasteiger partial charge in [0.1, 0.15) is 0 Å². The molecule has 14 heavy (non-hydrogen) atoms.